The fourth-order valence-electron chi connectivity index (χ4n) is 1.45. The van der Waals surface area contributed by atoms with Crippen LogP contribution in [0.25, 0.3) is 0 Å². The Bertz CT molecular complexity index is 525. The average Bonchev–Trinajstić information content (AvgIpc) is 2.37. The molecule has 94 valence electrons. The lowest BCUT2D eigenvalue weighted by Gasteiger charge is -2.17. The first-order valence-corrected chi connectivity index (χ1v) is 5.93. The van der Waals surface area contributed by atoms with E-state index >= 15 is 0 Å². The molecular weight excluding hydrogens is 273 g/mol. The number of anilines is 2. The summed E-state index contributed by atoms with van der Waals surface area (Å²) in [7, 11) is 3.46. The van der Waals surface area contributed by atoms with Gasteiger partial charge in [-0.15, -0.1) is 0 Å². The van der Waals surface area contributed by atoms with Crippen molar-refractivity contribution in [1.82, 2.24) is 9.97 Å². The molecule has 0 atom stereocenters. The maximum absolute atomic E-state index is 5.85. The molecule has 0 aliphatic rings. The van der Waals surface area contributed by atoms with E-state index in [2.05, 4.69) is 9.97 Å². The van der Waals surface area contributed by atoms with Crippen molar-refractivity contribution in [3.05, 3.63) is 40.6 Å². The van der Waals surface area contributed by atoms with Gasteiger partial charge in [0.25, 0.3) is 0 Å². The van der Waals surface area contributed by atoms with Crippen LogP contribution in [0.1, 0.15) is 0 Å². The Hall–Kier alpha value is -1.52. The van der Waals surface area contributed by atoms with Crippen molar-refractivity contribution in [3.8, 4) is 5.75 Å². The molecule has 2 rings (SSSR count). The zero-order chi connectivity index (χ0) is 13.1. The van der Waals surface area contributed by atoms with E-state index in [0.29, 0.717) is 16.3 Å². The predicted octanol–water partition coefficient (Wildman–Crippen LogP) is 3.56. The summed E-state index contributed by atoms with van der Waals surface area (Å²) in [5.41, 5.74) is 0.911. The van der Waals surface area contributed by atoms with Crippen LogP contribution in [-0.2, 0) is 0 Å². The van der Waals surface area contributed by atoms with E-state index in [0.717, 1.165) is 11.4 Å². The van der Waals surface area contributed by atoms with Crippen molar-refractivity contribution >= 4 is 34.8 Å². The molecule has 0 unspecified atom stereocenters. The van der Waals surface area contributed by atoms with Crippen molar-refractivity contribution in [2.45, 2.75) is 0 Å². The Morgan fingerprint density at radius 2 is 1.61 bits per heavy atom. The molecule has 6 heteroatoms. The van der Waals surface area contributed by atoms with E-state index in [9.17, 15) is 0 Å². The predicted molar refractivity (Wildman–Crippen MR) is 73.1 cm³/mol. The van der Waals surface area contributed by atoms with Crippen LogP contribution >= 0.6 is 23.2 Å². The third-order valence-corrected chi connectivity index (χ3v) is 2.80. The number of hydrogen-bond donors (Lipinski definition) is 0. The SMILES string of the molecule is COc1ccc(N(C)c2nc(Cl)cc(Cl)n2)cc1. The van der Waals surface area contributed by atoms with Gasteiger partial charge >= 0.3 is 0 Å². The quantitative estimate of drug-likeness (QED) is 0.808. The standard InChI is InChI=1S/C12H11Cl2N3O/c1-17(8-3-5-9(18-2)6-4-8)12-15-10(13)7-11(14)16-12/h3-7H,1-2H3. The number of rotatable bonds is 3. The Morgan fingerprint density at radius 1 is 1.06 bits per heavy atom. The summed E-state index contributed by atoms with van der Waals surface area (Å²) < 4.78 is 5.10. The highest BCUT2D eigenvalue weighted by molar-refractivity contribution is 6.33. The number of halogens is 2. The topological polar surface area (TPSA) is 38.2 Å². The van der Waals surface area contributed by atoms with Crippen LogP contribution in [0.4, 0.5) is 11.6 Å². The fraction of sp³-hybridized carbons (Fsp3) is 0.167. The zero-order valence-electron chi connectivity index (χ0n) is 9.89. The minimum Gasteiger partial charge on any atom is -0.497 e. The largest absolute Gasteiger partial charge is 0.497 e. The van der Waals surface area contributed by atoms with Gasteiger partial charge in [0.2, 0.25) is 5.95 Å². The van der Waals surface area contributed by atoms with Gasteiger partial charge in [-0.25, -0.2) is 9.97 Å². The Labute approximate surface area is 115 Å². The second-order valence-electron chi connectivity index (χ2n) is 3.57. The highest BCUT2D eigenvalue weighted by Crippen LogP contribution is 2.25. The van der Waals surface area contributed by atoms with Crippen LogP contribution in [0.15, 0.2) is 30.3 Å². The van der Waals surface area contributed by atoms with E-state index in [1.54, 1.807) is 12.0 Å². The molecule has 2 aromatic rings. The fourth-order valence-corrected chi connectivity index (χ4v) is 1.86. The molecule has 1 heterocycles. The third kappa shape index (κ3) is 2.83. The summed E-state index contributed by atoms with van der Waals surface area (Å²) in [6.45, 7) is 0. The Kier molecular flexibility index (Phi) is 3.89. The van der Waals surface area contributed by atoms with Crippen LogP contribution < -0.4 is 9.64 Å². The normalized spacial score (nSPS) is 10.2. The second-order valence-corrected chi connectivity index (χ2v) is 4.34. The smallest absolute Gasteiger partial charge is 0.232 e. The third-order valence-electron chi connectivity index (χ3n) is 2.41. The van der Waals surface area contributed by atoms with E-state index in [1.165, 1.54) is 6.07 Å². The lowest BCUT2D eigenvalue weighted by molar-refractivity contribution is 0.415. The summed E-state index contributed by atoms with van der Waals surface area (Å²) >= 11 is 11.7. The van der Waals surface area contributed by atoms with Crippen molar-refractivity contribution < 1.29 is 4.74 Å². The van der Waals surface area contributed by atoms with Gasteiger partial charge in [-0.1, -0.05) is 23.2 Å². The van der Waals surface area contributed by atoms with Crippen molar-refractivity contribution in [3.63, 3.8) is 0 Å². The summed E-state index contributed by atoms with van der Waals surface area (Å²) in [4.78, 5) is 10.0. The zero-order valence-corrected chi connectivity index (χ0v) is 11.4. The number of ether oxygens (including phenoxy) is 1. The number of methoxy groups -OCH3 is 1. The highest BCUT2D eigenvalue weighted by Gasteiger charge is 2.09. The number of nitrogens with zero attached hydrogens (tertiary/aromatic N) is 3. The first kappa shape index (κ1) is 12.9. The molecular formula is C12H11Cl2N3O. The van der Waals surface area contributed by atoms with Gasteiger partial charge < -0.3 is 9.64 Å². The highest BCUT2D eigenvalue weighted by atomic mass is 35.5. The number of benzene rings is 1. The minimum atomic E-state index is 0.311. The molecule has 0 saturated carbocycles. The maximum atomic E-state index is 5.85. The van der Waals surface area contributed by atoms with Crippen LogP contribution in [0, 0.1) is 0 Å². The molecule has 18 heavy (non-hydrogen) atoms. The number of hydrogen-bond acceptors (Lipinski definition) is 4. The van der Waals surface area contributed by atoms with Crippen molar-refractivity contribution in [2.24, 2.45) is 0 Å². The maximum Gasteiger partial charge on any atom is 0.232 e. The van der Waals surface area contributed by atoms with Crippen LogP contribution in [-0.4, -0.2) is 24.1 Å². The molecule has 0 bridgehead atoms. The number of aromatic nitrogens is 2. The molecule has 1 aromatic heterocycles. The molecule has 0 spiro atoms. The molecule has 0 aliphatic heterocycles. The van der Waals surface area contributed by atoms with Crippen molar-refractivity contribution in [2.75, 3.05) is 19.1 Å². The van der Waals surface area contributed by atoms with Crippen LogP contribution in [0.5, 0.6) is 5.75 Å². The molecule has 0 saturated heterocycles. The Balaban J connectivity index is 2.31. The van der Waals surface area contributed by atoms with Crippen molar-refractivity contribution in [1.29, 1.82) is 0 Å². The molecule has 0 fully saturated rings. The monoisotopic (exact) mass is 283 g/mol. The van der Waals surface area contributed by atoms with Gasteiger partial charge in [0.1, 0.15) is 16.1 Å². The van der Waals surface area contributed by atoms with Gasteiger partial charge in [-0.2, -0.15) is 0 Å². The van der Waals surface area contributed by atoms with E-state index in [-0.39, 0.29) is 0 Å². The van der Waals surface area contributed by atoms with Gasteiger partial charge in [-0.3, -0.25) is 0 Å². The summed E-state index contributed by atoms with van der Waals surface area (Å²) in [5, 5.41) is 0.621. The summed E-state index contributed by atoms with van der Waals surface area (Å²) in [6, 6.07) is 9.01. The first-order chi connectivity index (χ1) is 8.60. The van der Waals surface area contributed by atoms with Crippen LogP contribution in [0.2, 0.25) is 10.3 Å². The van der Waals surface area contributed by atoms with E-state index < -0.39 is 0 Å². The minimum absolute atomic E-state index is 0.311. The van der Waals surface area contributed by atoms with Gasteiger partial charge in [0.15, 0.2) is 0 Å². The summed E-state index contributed by atoms with van der Waals surface area (Å²) in [5.74, 6) is 1.23. The lowest BCUT2D eigenvalue weighted by atomic mass is 10.3. The molecule has 0 amide bonds. The molecule has 1 aromatic carbocycles. The molecule has 0 N–H and O–H groups in total. The van der Waals surface area contributed by atoms with Gasteiger partial charge in [0, 0.05) is 18.8 Å². The lowest BCUT2D eigenvalue weighted by Crippen LogP contribution is -2.13. The van der Waals surface area contributed by atoms with E-state index in [1.807, 2.05) is 31.3 Å². The molecule has 0 radical (unpaired) electrons. The molecule has 4 nitrogen and oxygen atoms in total. The summed E-state index contributed by atoms with van der Waals surface area (Å²) in [6.07, 6.45) is 0. The van der Waals surface area contributed by atoms with Gasteiger partial charge in [0.05, 0.1) is 7.11 Å². The first-order valence-electron chi connectivity index (χ1n) is 5.18. The van der Waals surface area contributed by atoms with E-state index in [4.69, 9.17) is 27.9 Å². The molecule has 0 aliphatic carbocycles. The van der Waals surface area contributed by atoms with Gasteiger partial charge in [-0.05, 0) is 24.3 Å². The Morgan fingerprint density at radius 3 is 2.11 bits per heavy atom. The average molecular weight is 284 g/mol. The van der Waals surface area contributed by atoms with Crippen LogP contribution in [0.3, 0.4) is 0 Å². The second kappa shape index (κ2) is 5.42.